The molecule has 0 saturated heterocycles. The highest BCUT2D eigenvalue weighted by Crippen LogP contribution is 2.21. The van der Waals surface area contributed by atoms with E-state index in [1.165, 1.54) is 17.2 Å². The van der Waals surface area contributed by atoms with Crippen molar-refractivity contribution in [3.05, 3.63) is 65.0 Å². The maximum atomic E-state index is 11.2. The minimum atomic E-state index is -0.998. The highest BCUT2D eigenvalue weighted by atomic mass is 16.4. The third-order valence-electron chi connectivity index (χ3n) is 3.56. The molecule has 0 spiro atoms. The number of aromatic carboxylic acids is 1. The Hall–Kier alpha value is -2.62. The molecule has 0 aliphatic rings. The molecule has 106 valence electrons. The molecule has 0 bridgehead atoms. The van der Waals surface area contributed by atoms with Gasteiger partial charge in [0.25, 0.3) is 0 Å². The number of hydrogen-bond donors (Lipinski definition) is 1. The molecule has 3 aromatic rings. The number of carboxylic acids is 1. The van der Waals surface area contributed by atoms with Crippen molar-refractivity contribution >= 4 is 17.1 Å². The van der Waals surface area contributed by atoms with Crippen LogP contribution < -0.4 is 0 Å². The summed E-state index contributed by atoms with van der Waals surface area (Å²) >= 11 is 0. The highest BCUT2D eigenvalue weighted by Gasteiger charge is 2.14. The number of fused-ring (bicyclic) bond motifs is 1. The van der Waals surface area contributed by atoms with Gasteiger partial charge in [0, 0.05) is 6.42 Å². The zero-order valence-electron chi connectivity index (χ0n) is 11.7. The van der Waals surface area contributed by atoms with Gasteiger partial charge >= 0.3 is 5.97 Å². The number of rotatable bonds is 4. The zero-order chi connectivity index (χ0) is 14.8. The summed E-state index contributed by atoms with van der Waals surface area (Å²) < 4.78 is 5.63. The number of hydrogen-bond acceptors (Lipinski definition) is 3. The van der Waals surface area contributed by atoms with E-state index >= 15 is 0 Å². The summed E-state index contributed by atoms with van der Waals surface area (Å²) in [5.41, 5.74) is 3.58. The van der Waals surface area contributed by atoms with Crippen LogP contribution in [0.25, 0.3) is 11.1 Å². The van der Waals surface area contributed by atoms with Crippen LogP contribution in [0.4, 0.5) is 0 Å². The lowest BCUT2D eigenvalue weighted by molar-refractivity contribution is 0.0698. The molecule has 0 atom stereocenters. The van der Waals surface area contributed by atoms with E-state index in [4.69, 9.17) is 9.52 Å². The van der Waals surface area contributed by atoms with E-state index in [1.807, 2.05) is 12.1 Å². The van der Waals surface area contributed by atoms with Crippen molar-refractivity contribution in [1.29, 1.82) is 0 Å². The largest absolute Gasteiger partial charge is 0.478 e. The Morgan fingerprint density at radius 1 is 1.14 bits per heavy atom. The van der Waals surface area contributed by atoms with Crippen LogP contribution in [0.1, 0.15) is 27.4 Å². The molecule has 3 rings (SSSR count). The molecule has 1 aromatic heterocycles. The Kier molecular flexibility index (Phi) is 3.44. The van der Waals surface area contributed by atoms with Crippen LogP contribution in [0.2, 0.25) is 0 Å². The Bertz CT molecular complexity index is 805. The quantitative estimate of drug-likeness (QED) is 0.793. The molecule has 0 amide bonds. The van der Waals surface area contributed by atoms with Gasteiger partial charge in [-0.3, -0.25) is 0 Å². The monoisotopic (exact) mass is 281 g/mol. The van der Waals surface area contributed by atoms with E-state index in [0.717, 1.165) is 6.42 Å². The predicted octanol–water partition coefficient (Wildman–Crippen LogP) is 3.62. The standard InChI is InChI=1S/C17H15NO3/c1-11-5-2-3-6-12(11)9-10-15-18-14-8-4-7-13(17(19)20)16(14)21-15/h2-8H,9-10H2,1H3,(H,19,20). The van der Waals surface area contributed by atoms with Crippen LogP contribution in [-0.2, 0) is 12.8 Å². The highest BCUT2D eigenvalue weighted by molar-refractivity contribution is 5.99. The molecular weight excluding hydrogens is 266 g/mol. The molecule has 0 saturated carbocycles. The van der Waals surface area contributed by atoms with Crippen molar-refractivity contribution in [3.63, 3.8) is 0 Å². The summed E-state index contributed by atoms with van der Waals surface area (Å²) in [6.07, 6.45) is 1.47. The first-order valence-electron chi connectivity index (χ1n) is 6.81. The van der Waals surface area contributed by atoms with Gasteiger partial charge in [-0.25, -0.2) is 9.78 Å². The number of oxazole rings is 1. The average Bonchev–Trinajstić information content (AvgIpc) is 2.88. The van der Waals surface area contributed by atoms with Gasteiger partial charge < -0.3 is 9.52 Å². The van der Waals surface area contributed by atoms with Gasteiger partial charge in [-0.1, -0.05) is 30.3 Å². The van der Waals surface area contributed by atoms with Gasteiger partial charge in [-0.05, 0) is 36.6 Å². The Labute approximate surface area is 122 Å². The molecule has 0 radical (unpaired) electrons. The number of para-hydroxylation sites is 1. The van der Waals surface area contributed by atoms with E-state index in [1.54, 1.807) is 12.1 Å². The van der Waals surface area contributed by atoms with Crippen molar-refractivity contribution in [2.45, 2.75) is 19.8 Å². The number of benzene rings is 2. The summed E-state index contributed by atoms with van der Waals surface area (Å²) in [6.45, 7) is 2.07. The first-order valence-corrected chi connectivity index (χ1v) is 6.81. The molecule has 2 aromatic carbocycles. The number of aryl methyl sites for hydroxylation is 3. The summed E-state index contributed by atoms with van der Waals surface area (Å²) in [5, 5.41) is 9.15. The van der Waals surface area contributed by atoms with Crippen LogP contribution in [0.5, 0.6) is 0 Å². The Morgan fingerprint density at radius 3 is 2.71 bits per heavy atom. The van der Waals surface area contributed by atoms with Gasteiger partial charge in [0.15, 0.2) is 11.5 Å². The second-order valence-electron chi connectivity index (χ2n) is 4.99. The van der Waals surface area contributed by atoms with Gasteiger partial charge in [0.2, 0.25) is 0 Å². The molecule has 4 heteroatoms. The summed E-state index contributed by atoms with van der Waals surface area (Å²) in [6, 6.07) is 13.2. The van der Waals surface area contributed by atoms with Crippen molar-refractivity contribution in [2.75, 3.05) is 0 Å². The Morgan fingerprint density at radius 2 is 1.95 bits per heavy atom. The van der Waals surface area contributed by atoms with Crippen LogP contribution in [-0.4, -0.2) is 16.1 Å². The first-order chi connectivity index (χ1) is 10.1. The number of nitrogens with zero attached hydrogens (tertiary/aromatic N) is 1. The maximum Gasteiger partial charge on any atom is 0.339 e. The molecule has 1 N–H and O–H groups in total. The van der Waals surface area contributed by atoms with Gasteiger partial charge in [0.05, 0.1) is 0 Å². The average molecular weight is 281 g/mol. The van der Waals surface area contributed by atoms with Gasteiger partial charge in [0.1, 0.15) is 11.1 Å². The molecule has 0 aliphatic heterocycles. The lowest BCUT2D eigenvalue weighted by Gasteiger charge is -2.02. The molecular formula is C17H15NO3. The Balaban J connectivity index is 1.87. The molecule has 1 heterocycles. The van der Waals surface area contributed by atoms with Crippen LogP contribution in [0.3, 0.4) is 0 Å². The minimum Gasteiger partial charge on any atom is -0.478 e. The number of aromatic nitrogens is 1. The van der Waals surface area contributed by atoms with Gasteiger partial charge in [-0.2, -0.15) is 0 Å². The summed E-state index contributed by atoms with van der Waals surface area (Å²) in [7, 11) is 0. The fourth-order valence-electron chi connectivity index (χ4n) is 2.40. The van der Waals surface area contributed by atoms with Gasteiger partial charge in [-0.15, -0.1) is 0 Å². The first kappa shape index (κ1) is 13.4. The van der Waals surface area contributed by atoms with E-state index in [2.05, 4.69) is 24.0 Å². The second-order valence-corrected chi connectivity index (χ2v) is 4.99. The summed E-state index contributed by atoms with van der Waals surface area (Å²) in [5.74, 6) is -0.427. The van der Waals surface area contributed by atoms with E-state index in [-0.39, 0.29) is 5.56 Å². The topological polar surface area (TPSA) is 63.3 Å². The van der Waals surface area contributed by atoms with Crippen molar-refractivity contribution < 1.29 is 14.3 Å². The van der Waals surface area contributed by atoms with Crippen molar-refractivity contribution in [1.82, 2.24) is 4.98 Å². The van der Waals surface area contributed by atoms with E-state index in [0.29, 0.717) is 23.4 Å². The normalized spacial score (nSPS) is 10.9. The molecule has 4 nitrogen and oxygen atoms in total. The number of carbonyl (C=O) groups is 1. The third-order valence-corrected chi connectivity index (χ3v) is 3.56. The van der Waals surface area contributed by atoms with Crippen LogP contribution >= 0.6 is 0 Å². The zero-order valence-corrected chi connectivity index (χ0v) is 11.7. The molecule has 21 heavy (non-hydrogen) atoms. The lowest BCUT2D eigenvalue weighted by Crippen LogP contribution is -1.95. The fraction of sp³-hybridized carbons (Fsp3) is 0.176. The predicted molar refractivity (Wildman–Crippen MR) is 79.6 cm³/mol. The van der Waals surface area contributed by atoms with E-state index < -0.39 is 5.97 Å². The van der Waals surface area contributed by atoms with Crippen LogP contribution in [0, 0.1) is 6.92 Å². The summed E-state index contributed by atoms with van der Waals surface area (Å²) in [4.78, 5) is 15.5. The number of carboxylic acid groups (broad SMARTS) is 1. The molecule has 0 aliphatic carbocycles. The van der Waals surface area contributed by atoms with Crippen LogP contribution in [0.15, 0.2) is 46.9 Å². The third kappa shape index (κ3) is 2.65. The fourth-order valence-corrected chi connectivity index (χ4v) is 2.40. The molecule has 0 fully saturated rings. The second kappa shape index (κ2) is 5.40. The minimum absolute atomic E-state index is 0.155. The molecule has 0 unspecified atom stereocenters. The van der Waals surface area contributed by atoms with Crippen molar-refractivity contribution in [3.8, 4) is 0 Å². The SMILES string of the molecule is Cc1ccccc1CCc1nc2cccc(C(=O)O)c2o1. The lowest BCUT2D eigenvalue weighted by atomic mass is 10.0. The smallest absolute Gasteiger partial charge is 0.339 e. The van der Waals surface area contributed by atoms with Crippen molar-refractivity contribution in [2.24, 2.45) is 0 Å². The maximum absolute atomic E-state index is 11.2. The van der Waals surface area contributed by atoms with E-state index in [9.17, 15) is 4.79 Å².